The van der Waals surface area contributed by atoms with Crippen molar-refractivity contribution in [2.24, 2.45) is 0 Å². The summed E-state index contributed by atoms with van der Waals surface area (Å²) in [6.07, 6.45) is 3.82. The van der Waals surface area contributed by atoms with Gasteiger partial charge in [0.25, 0.3) is 0 Å². The van der Waals surface area contributed by atoms with Crippen LogP contribution in [-0.2, 0) is 6.42 Å². The third kappa shape index (κ3) is 6.11. The predicted molar refractivity (Wildman–Crippen MR) is 54.3 cm³/mol. The number of hydrogen-bond donors (Lipinski definition) is 0. The van der Waals surface area contributed by atoms with E-state index >= 15 is 0 Å². The average Bonchev–Trinajstić information content (AvgIpc) is 2.56. The second-order valence-electron chi connectivity index (χ2n) is 2.43. The van der Waals surface area contributed by atoms with Crippen molar-refractivity contribution < 1.29 is 0 Å². The van der Waals surface area contributed by atoms with Crippen LogP contribution in [0.4, 0.5) is 0 Å². The molecule has 0 nitrogen and oxygen atoms in total. The molecular formula is C10H18S. The van der Waals surface area contributed by atoms with E-state index in [-0.39, 0.29) is 0 Å². The fraction of sp³-hybridized carbons (Fsp3) is 0.600. The zero-order chi connectivity index (χ0) is 8.53. The molecule has 0 aliphatic carbocycles. The van der Waals surface area contributed by atoms with Crippen LogP contribution in [0, 0.1) is 0 Å². The van der Waals surface area contributed by atoms with Crippen LogP contribution in [0.15, 0.2) is 17.5 Å². The zero-order valence-corrected chi connectivity index (χ0v) is 8.58. The molecule has 1 rings (SSSR count). The smallest absolute Gasteiger partial charge is 0.00424 e. The van der Waals surface area contributed by atoms with Gasteiger partial charge in [-0.15, -0.1) is 11.3 Å². The van der Waals surface area contributed by atoms with Gasteiger partial charge in [0.1, 0.15) is 0 Å². The maximum Gasteiger partial charge on any atom is 0.00424 e. The summed E-state index contributed by atoms with van der Waals surface area (Å²) in [5, 5.41) is 2.11. The van der Waals surface area contributed by atoms with E-state index in [1.807, 2.05) is 11.3 Å². The second-order valence-corrected chi connectivity index (χ2v) is 3.47. The highest BCUT2D eigenvalue weighted by Gasteiger charge is 1.82. The minimum absolute atomic E-state index is 1.18. The van der Waals surface area contributed by atoms with Crippen molar-refractivity contribution in [2.75, 3.05) is 0 Å². The average molecular weight is 170 g/mol. The molecule has 0 aliphatic rings. The Morgan fingerprint density at radius 3 is 2.00 bits per heavy atom. The van der Waals surface area contributed by atoms with E-state index in [2.05, 4.69) is 38.3 Å². The molecule has 0 saturated heterocycles. The lowest BCUT2D eigenvalue weighted by atomic mass is 10.4. The molecule has 0 unspecified atom stereocenters. The Morgan fingerprint density at radius 1 is 1.18 bits per heavy atom. The van der Waals surface area contributed by atoms with Gasteiger partial charge in [-0.3, -0.25) is 0 Å². The van der Waals surface area contributed by atoms with Gasteiger partial charge in [-0.05, 0) is 17.9 Å². The zero-order valence-electron chi connectivity index (χ0n) is 7.76. The fourth-order valence-electron chi connectivity index (χ4n) is 0.514. The molecular weight excluding hydrogens is 152 g/mol. The summed E-state index contributed by atoms with van der Waals surface area (Å²) < 4.78 is 0. The second kappa shape index (κ2) is 7.80. The van der Waals surface area contributed by atoms with Crippen molar-refractivity contribution in [3.63, 3.8) is 0 Å². The summed E-state index contributed by atoms with van der Waals surface area (Å²) in [5.74, 6) is 0. The van der Waals surface area contributed by atoms with E-state index in [1.165, 1.54) is 24.1 Å². The molecule has 1 aromatic heterocycles. The van der Waals surface area contributed by atoms with Crippen molar-refractivity contribution in [1.29, 1.82) is 0 Å². The van der Waals surface area contributed by atoms with Gasteiger partial charge < -0.3 is 0 Å². The third-order valence-electron chi connectivity index (χ3n) is 1.43. The van der Waals surface area contributed by atoms with E-state index in [1.54, 1.807) is 0 Å². The fourth-order valence-corrected chi connectivity index (χ4v) is 1.17. The van der Waals surface area contributed by atoms with E-state index in [0.717, 1.165) is 0 Å². The van der Waals surface area contributed by atoms with Crippen molar-refractivity contribution in [3.05, 3.63) is 22.4 Å². The maximum atomic E-state index is 2.18. The van der Waals surface area contributed by atoms with Gasteiger partial charge in [-0.25, -0.2) is 0 Å². The van der Waals surface area contributed by atoms with Crippen LogP contribution < -0.4 is 0 Å². The highest BCUT2D eigenvalue weighted by molar-refractivity contribution is 7.09. The summed E-state index contributed by atoms with van der Waals surface area (Å²) in [7, 11) is 0. The molecule has 64 valence electrons. The Kier molecular flexibility index (Phi) is 7.59. The highest BCUT2D eigenvalue weighted by atomic mass is 32.1. The molecule has 1 heterocycles. The number of aryl methyl sites for hydroxylation is 1. The quantitative estimate of drug-likeness (QED) is 0.626. The van der Waals surface area contributed by atoms with Gasteiger partial charge >= 0.3 is 0 Å². The van der Waals surface area contributed by atoms with E-state index in [9.17, 15) is 0 Å². The molecule has 1 heteroatoms. The van der Waals surface area contributed by atoms with Gasteiger partial charge in [-0.2, -0.15) is 0 Å². The maximum absolute atomic E-state index is 2.18. The molecule has 0 fully saturated rings. The monoisotopic (exact) mass is 170 g/mol. The van der Waals surface area contributed by atoms with Gasteiger partial charge in [0.15, 0.2) is 0 Å². The Morgan fingerprint density at radius 2 is 1.82 bits per heavy atom. The summed E-state index contributed by atoms with van der Waals surface area (Å²) in [4.78, 5) is 1.47. The molecule has 0 aromatic carbocycles. The first kappa shape index (κ1) is 10.7. The van der Waals surface area contributed by atoms with Crippen LogP contribution in [0.3, 0.4) is 0 Å². The molecule has 0 saturated carbocycles. The van der Waals surface area contributed by atoms with Crippen LogP contribution in [0.5, 0.6) is 0 Å². The van der Waals surface area contributed by atoms with Crippen LogP contribution in [0.1, 0.15) is 38.5 Å². The summed E-state index contributed by atoms with van der Waals surface area (Å²) in [5.41, 5.74) is 0. The minimum atomic E-state index is 1.18. The molecule has 0 N–H and O–H groups in total. The molecule has 0 bridgehead atoms. The summed E-state index contributed by atoms with van der Waals surface area (Å²) in [6.45, 7) is 6.53. The third-order valence-corrected chi connectivity index (χ3v) is 2.45. The van der Waals surface area contributed by atoms with Crippen LogP contribution >= 0.6 is 11.3 Å². The van der Waals surface area contributed by atoms with E-state index in [4.69, 9.17) is 0 Å². The molecule has 1 aromatic rings. The van der Waals surface area contributed by atoms with Crippen molar-refractivity contribution in [2.45, 2.75) is 40.0 Å². The molecule has 11 heavy (non-hydrogen) atoms. The largest absolute Gasteiger partial charge is 0.149 e. The highest BCUT2D eigenvalue weighted by Crippen LogP contribution is 2.07. The normalized spacial score (nSPS) is 8.64. The first-order valence-electron chi connectivity index (χ1n) is 4.37. The topological polar surface area (TPSA) is 0 Å². The Balaban J connectivity index is 0.000000218. The van der Waals surface area contributed by atoms with Crippen LogP contribution in [0.2, 0.25) is 0 Å². The lowest BCUT2D eigenvalue weighted by Crippen LogP contribution is -1.63. The van der Waals surface area contributed by atoms with Gasteiger partial charge in [-0.1, -0.05) is 39.7 Å². The molecule has 0 amide bonds. The SMILES string of the molecule is CCCC.CCc1cccs1. The Hall–Kier alpha value is -0.300. The summed E-state index contributed by atoms with van der Waals surface area (Å²) >= 11 is 1.82. The Bertz CT molecular complexity index is 140. The van der Waals surface area contributed by atoms with Crippen LogP contribution in [0.25, 0.3) is 0 Å². The first-order valence-corrected chi connectivity index (χ1v) is 5.25. The molecule has 0 radical (unpaired) electrons. The van der Waals surface area contributed by atoms with E-state index < -0.39 is 0 Å². The lowest BCUT2D eigenvalue weighted by molar-refractivity contribution is 0.886. The number of rotatable bonds is 2. The minimum Gasteiger partial charge on any atom is -0.149 e. The van der Waals surface area contributed by atoms with Gasteiger partial charge in [0.2, 0.25) is 0 Å². The Labute approximate surface area is 74.3 Å². The van der Waals surface area contributed by atoms with Crippen molar-refractivity contribution in [1.82, 2.24) is 0 Å². The van der Waals surface area contributed by atoms with Crippen molar-refractivity contribution >= 4 is 11.3 Å². The predicted octanol–water partition coefficient (Wildman–Crippen LogP) is 4.12. The number of hydrogen-bond acceptors (Lipinski definition) is 1. The van der Waals surface area contributed by atoms with Crippen LogP contribution in [-0.4, -0.2) is 0 Å². The first-order chi connectivity index (χ1) is 5.35. The van der Waals surface area contributed by atoms with Gasteiger partial charge in [0, 0.05) is 4.88 Å². The summed E-state index contributed by atoms with van der Waals surface area (Å²) in [6, 6.07) is 4.24. The lowest BCUT2D eigenvalue weighted by Gasteiger charge is -1.78. The number of thiophene rings is 1. The standard InChI is InChI=1S/C6H8S.C4H10/c1-2-6-4-3-5-7-6;1-3-4-2/h3-5H,2H2,1H3;3-4H2,1-2H3. The molecule has 0 atom stereocenters. The van der Waals surface area contributed by atoms with Crippen molar-refractivity contribution in [3.8, 4) is 0 Å². The number of unbranched alkanes of at least 4 members (excludes halogenated alkanes) is 1. The molecule has 0 aliphatic heterocycles. The molecule has 0 spiro atoms. The van der Waals surface area contributed by atoms with Gasteiger partial charge in [0.05, 0.1) is 0 Å². The van der Waals surface area contributed by atoms with E-state index in [0.29, 0.717) is 0 Å².